The number of imide groups is 1. The van der Waals surface area contributed by atoms with Crippen molar-refractivity contribution in [2.75, 3.05) is 4.90 Å². The van der Waals surface area contributed by atoms with Crippen molar-refractivity contribution in [2.24, 2.45) is 11.8 Å². The SMILES string of the molecule is O=C(c1ccc(Cl)cc1)C1C2C(=O)N(c3ccc([N+](=O)[O-])cc3)C(=O)C2C2c3ccccc3C=CN12. The van der Waals surface area contributed by atoms with Crippen LogP contribution in [0.3, 0.4) is 0 Å². The number of hydrogen-bond acceptors (Lipinski definition) is 6. The highest BCUT2D eigenvalue weighted by Crippen LogP contribution is 2.53. The average Bonchev–Trinajstić information content (AvgIpc) is 3.36. The van der Waals surface area contributed by atoms with Gasteiger partial charge in [-0.3, -0.25) is 24.5 Å². The van der Waals surface area contributed by atoms with E-state index in [1.165, 1.54) is 24.3 Å². The maximum absolute atomic E-state index is 13.8. The number of nitro groups is 1. The number of carbonyl (C=O) groups excluding carboxylic acids is 3. The number of rotatable bonds is 4. The van der Waals surface area contributed by atoms with E-state index in [2.05, 4.69) is 0 Å². The molecule has 3 heterocycles. The summed E-state index contributed by atoms with van der Waals surface area (Å²) in [5, 5.41) is 11.6. The lowest BCUT2D eigenvalue weighted by molar-refractivity contribution is -0.384. The topological polar surface area (TPSA) is 101 Å². The maximum atomic E-state index is 13.8. The van der Waals surface area contributed by atoms with Gasteiger partial charge < -0.3 is 4.90 Å². The average molecular weight is 500 g/mol. The number of nitro benzene ring substituents is 1. The quantitative estimate of drug-likeness (QED) is 0.224. The first-order chi connectivity index (χ1) is 17.4. The summed E-state index contributed by atoms with van der Waals surface area (Å²) in [6.07, 6.45) is 3.68. The van der Waals surface area contributed by atoms with Gasteiger partial charge in [0.05, 0.1) is 28.5 Å². The zero-order valence-electron chi connectivity index (χ0n) is 18.7. The van der Waals surface area contributed by atoms with Gasteiger partial charge in [0.25, 0.3) is 5.69 Å². The molecule has 6 rings (SSSR count). The summed E-state index contributed by atoms with van der Waals surface area (Å²) in [4.78, 5) is 54.9. The summed E-state index contributed by atoms with van der Waals surface area (Å²) in [5.41, 5.74) is 2.28. The van der Waals surface area contributed by atoms with Crippen molar-refractivity contribution < 1.29 is 19.3 Å². The molecular weight excluding hydrogens is 482 g/mol. The van der Waals surface area contributed by atoms with Crippen LogP contribution in [0.15, 0.2) is 79.0 Å². The van der Waals surface area contributed by atoms with Crippen molar-refractivity contribution in [1.29, 1.82) is 0 Å². The molecule has 4 unspecified atom stereocenters. The lowest BCUT2D eigenvalue weighted by atomic mass is 9.83. The van der Waals surface area contributed by atoms with E-state index >= 15 is 0 Å². The molecule has 0 N–H and O–H groups in total. The van der Waals surface area contributed by atoms with Gasteiger partial charge in [0.15, 0.2) is 5.78 Å². The molecule has 178 valence electrons. The van der Waals surface area contributed by atoms with E-state index in [9.17, 15) is 24.5 Å². The van der Waals surface area contributed by atoms with Gasteiger partial charge in [-0.25, -0.2) is 4.90 Å². The van der Waals surface area contributed by atoms with Crippen LogP contribution < -0.4 is 4.90 Å². The first kappa shape index (κ1) is 22.2. The molecule has 0 aliphatic carbocycles. The van der Waals surface area contributed by atoms with E-state index in [-0.39, 0.29) is 17.2 Å². The number of carbonyl (C=O) groups is 3. The normalized spacial score (nSPS) is 23.9. The molecule has 0 bridgehead atoms. The van der Waals surface area contributed by atoms with E-state index in [1.54, 1.807) is 30.5 Å². The molecule has 3 aliphatic heterocycles. The number of amides is 2. The highest BCUT2D eigenvalue weighted by molar-refractivity contribution is 6.30. The van der Waals surface area contributed by atoms with Crippen LogP contribution in [0.5, 0.6) is 0 Å². The second kappa shape index (κ2) is 8.13. The van der Waals surface area contributed by atoms with Crippen molar-refractivity contribution in [3.63, 3.8) is 0 Å². The smallest absolute Gasteiger partial charge is 0.269 e. The summed E-state index contributed by atoms with van der Waals surface area (Å²) in [7, 11) is 0. The van der Waals surface area contributed by atoms with E-state index in [1.807, 2.05) is 35.2 Å². The first-order valence-corrected chi connectivity index (χ1v) is 11.7. The van der Waals surface area contributed by atoms with E-state index in [4.69, 9.17) is 11.6 Å². The molecular formula is C27H18ClN3O5. The van der Waals surface area contributed by atoms with Gasteiger partial charge in [0, 0.05) is 28.9 Å². The Labute approximate surface area is 210 Å². The molecule has 3 aliphatic rings. The van der Waals surface area contributed by atoms with E-state index < -0.39 is 40.7 Å². The third-order valence-corrected chi connectivity index (χ3v) is 7.43. The molecule has 0 spiro atoms. The Balaban J connectivity index is 1.47. The van der Waals surface area contributed by atoms with Crippen LogP contribution in [-0.2, 0) is 9.59 Å². The van der Waals surface area contributed by atoms with Crippen molar-refractivity contribution >= 4 is 46.6 Å². The molecule has 4 atom stereocenters. The van der Waals surface area contributed by atoms with Gasteiger partial charge in [-0.05, 0) is 53.6 Å². The fraction of sp³-hybridized carbons (Fsp3) is 0.148. The molecule has 0 aromatic heterocycles. The van der Waals surface area contributed by atoms with Crippen molar-refractivity contribution in [1.82, 2.24) is 4.90 Å². The van der Waals surface area contributed by atoms with Crippen molar-refractivity contribution in [3.05, 3.63) is 111 Å². The number of Topliss-reactive ketones (excluding diaryl/α,β-unsaturated/α-hetero) is 1. The Hall–Kier alpha value is -4.30. The monoisotopic (exact) mass is 499 g/mol. The minimum absolute atomic E-state index is 0.147. The third kappa shape index (κ3) is 3.18. The van der Waals surface area contributed by atoms with Gasteiger partial charge in [-0.2, -0.15) is 0 Å². The van der Waals surface area contributed by atoms with Crippen LogP contribution >= 0.6 is 11.6 Å². The second-order valence-corrected chi connectivity index (χ2v) is 9.43. The Bertz CT molecular complexity index is 1470. The molecule has 3 aromatic rings. The number of halogens is 1. The molecule has 2 saturated heterocycles. The van der Waals surface area contributed by atoms with Crippen LogP contribution in [-0.4, -0.2) is 33.5 Å². The molecule has 0 radical (unpaired) electrons. The van der Waals surface area contributed by atoms with Crippen LogP contribution in [0.1, 0.15) is 27.5 Å². The minimum atomic E-state index is -0.920. The Morgan fingerprint density at radius 2 is 1.56 bits per heavy atom. The number of hydrogen-bond donors (Lipinski definition) is 0. The summed E-state index contributed by atoms with van der Waals surface area (Å²) in [6, 6.07) is 18.0. The number of anilines is 1. The number of benzene rings is 3. The largest absolute Gasteiger partial charge is 0.358 e. The zero-order valence-corrected chi connectivity index (χ0v) is 19.4. The predicted molar refractivity (Wildman–Crippen MR) is 132 cm³/mol. The van der Waals surface area contributed by atoms with Gasteiger partial charge in [-0.1, -0.05) is 35.9 Å². The molecule has 9 heteroatoms. The minimum Gasteiger partial charge on any atom is -0.358 e. The van der Waals surface area contributed by atoms with Crippen LogP contribution in [0, 0.1) is 22.0 Å². The van der Waals surface area contributed by atoms with Crippen molar-refractivity contribution in [3.8, 4) is 0 Å². The Morgan fingerprint density at radius 3 is 2.25 bits per heavy atom. The number of fused-ring (bicyclic) bond motifs is 5. The van der Waals surface area contributed by atoms with Crippen molar-refractivity contribution in [2.45, 2.75) is 12.1 Å². The second-order valence-electron chi connectivity index (χ2n) is 8.99. The fourth-order valence-electron chi connectivity index (χ4n) is 5.62. The highest BCUT2D eigenvalue weighted by Gasteiger charge is 2.64. The van der Waals surface area contributed by atoms with E-state index in [0.717, 1.165) is 16.0 Å². The predicted octanol–water partition coefficient (Wildman–Crippen LogP) is 4.65. The van der Waals surface area contributed by atoms with Crippen LogP contribution in [0.25, 0.3) is 6.08 Å². The molecule has 0 saturated carbocycles. The molecule has 8 nitrogen and oxygen atoms in total. The van der Waals surface area contributed by atoms with Gasteiger partial charge >= 0.3 is 0 Å². The van der Waals surface area contributed by atoms with E-state index in [0.29, 0.717) is 10.6 Å². The van der Waals surface area contributed by atoms with Gasteiger partial charge in [-0.15, -0.1) is 0 Å². The molecule has 36 heavy (non-hydrogen) atoms. The third-order valence-electron chi connectivity index (χ3n) is 7.18. The fourth-order valence-corrected chi connectivity index (χ4v) is 5.75. The van der Waals surface area contributed by atoms with Gasteiger partial charge in [0.1, 0.15) is 6.04 Å². The number of ketones is 1. The molecule has 2 fully saturated rings. The Morgan fingerprint density at radius 1 is 0.889 bits per heavy atom. The Kier molecular flexibility index (Phi) is 5.01. The summed E-state index contributed by atoms with van der Waals surface area (Å²) in [6.45, 7) is 0. The summed E-state index contributed by atoms with van der Waals surface area (Å²) in [5.74, 6) is -2.91. The van der Waals surface area contributed by atoms with Crippen LogP contribution in [0.4, 0.5) is 11.4 Å². The molecule has 2 amide bonds. The highest BCUT2D eigenvalue weighted by atomic mass is 35.5. The number of nitrogens with zero attached hydrogens (tertiary/aromatic N) is 3. The first-order valence-electron chi connectivity index (χ1n) is 11.3. The number of non-ortho nitro benzene ring substituents is 1. The standard InChI is InChI=1S/C27H18ClN3O5/c28-17-7-5-16(6-8-17)25(32)24-22-21(23-20-4-2-1-3-15(20)13-14-29(23)24)26(33)30(27(22)34)18-9-11-19(12-10-18)31(35)36/h1-14,21-24H. The lowest BCUT2D eigenvalue weighted by Crippen LogP contribution is -2.44. The van der Waals surface area contributed by atoms with Crippen LogP contribution in [0.2, 0.25) is 5.02 Å². The lowest BCUT2D eigenvalue weighted by Gasteiger charge is -2.35. The zero-order chi connectivity index (χ0) is 25.1. The molecule has 3 aromatic carbocycles. The maximum Gasteiger partial charge on any atom is 0.269 e. The van der Waals surface area contributed by atoms with Gasteiger partial charge in [0.2, 0.25) is 11.8 Å². The summed E-state index contributed by atoms with van der Waals surface area (Å²) < 4.78 is 0. The summed E-state index contributed by atoms with van der Waals surface area (Å²) >= 11 is 6.01.